The normalized spacial score (nSPS) is 14.7. The van der Waals surface area contributed by atoms with Crippen LogP contribution in [-0.2, 0) is 6.61 Å². The van der Waals surface area contributed by atoms with Crippen LogP contribution in [-0.4, -0.2) is 23.0 Å². The predicted octanol–water partition coefficient (Wildman–Crippen LogP) is 6.07. The molecule has 27 heavy (non-hydrogen) atoms. The summed E-state index contributed by atoms with van der Waals surface area (Å²) in [7, 11) is 0. The van der Waals surface area contributed by atoms with Gasteiger partial charge in [0, 0.05) is 24.2 Å². The highest BCUT2D eigenvalue weighted by atomic mass is 79.9. The molecule has 0 spiro atoms. The molecule has 6 heteroatoms. The van der Waals surface area contributed by atoms with E-state index in [0.29, 0.717) is 17.9 Å². The van der Waals surface area contributed by atoms with Crippen molar-refractivity contribution >= 4 is 49.1 Å². The van der Waals surface area contributed by atoms with E-state index in [2.05, 4.69) is 49.8 Å². The number of benzene rings is 2. The third kappa shape index (κ3) is 4.90. The monoisotopic (exact) mass is 506 g/mol. The summed E-state index contributed by atoms with van der Waals surface area (Å²) in [5.41, 5.74) is 2.49. The number of halogens is 2. The lowest BCUT2D eigenvalue weighted by Gasteiger charge is -2.32. The van der Waals surface area contributed by atoms with Crippen molar-refractivity contribution in [3.63, 3.8) is 0 Å². The minimum Gasteiger partial charge on any atom is -0.486 e. The number of hydrogen-bond donors (Lipinski definition) is 0. The van der Waals surface area contributed by atoms with Gasteiger partial charge in [0.15, 0.2) is 0 Å². The second-order valence-corrected chi connectivity index (χ2v) is 8.90. The summed E-state index contributed by atoms with van der Waals surface area (Å²) in [6.45, 7) is 4.65. The van der Waals surface area contributed by atoms with E-state index in [1.807, 2.05) is 30.3 Å². The molecule has 1 heterocycles. The number of hydrogen-bond acceptors (Lipinski definition) is 3. The molecule has 0 N–H and O–H groups in total. The fourth-order valence-electron chi connectivity index (χ4n) is 3.12. The molecule has 0 aromatic heterocycles. The van der Waals surface area contributed by atoms with Crippen LogP contribution in [0.4, 0.5) is 0 Å². The number of piperidine rings is 1. The maximum Gasteiger partial charge on any atom is 0.148 e. The molecule has 3 nitrogen and oxygen atoms in total. The van der Waals surface area contributed by atoms with Crippen molar-refractivity contribution in [3.05, 3.63) is 62.0 Å². The Balaban J connectivity index is 1.75. The molecule has 140 valence electrons. The Kier molecular flexibility index (Phi) is 6.91. The lowest BCUT2D eigenvalue weighted by atomic mass is 9.99. The average molecular weight is 508 g/mol. The van der Waals surface area contributed by atoms with Crippen LogP contribution in [0.5, 0.6) is 5.75 Å². The second-order valence-electron chi connectivity index (χ2n) is 6.80. The van der Waals surface area contributed by atoms with Gasteiger partial charge in [-0.25, -0.2) is 0 Å². The van der Waals surface area contributed by atoms with Gasteiger partial charge in [-0.15, -0.1) is 0 Å². The molecule has 2 aromatic rings. The van der Waals surface area contributed by atoms with Gasteiger partial charge in [0.1, 0.15) is 17.3 Å². The molecule has 1 saturated heterocycles. The first-order valence-corrected chi connectivity index (χ1v) is 10.9. The Morgan fingerprint density at radius 1 is 1.22 bits per heavy atom. The molecule has 0 amide bonds. The summed E-state index contributed by atoms with van der Waals surface area (Å²) in [6.07, 6.45) is 2.37. The highest BCUT2D eigenvalue weighted by Gasteiger charge is 2.20. The summed E-state index contributed by atoms with van der Waals surface area (Å²) >= 11 is 12.9. The van der Waals surface area contributed by atoms with Gasteiger partial charge in [-0.3, -0.25) is 0 Å². The lowest BCUT2D eigenvalue weighted by Crippen LogP contribution is -2.37. The first-order valence-electron chi connectivity index (χ1n) is 8.88. The van der Waals surface area contributed by atoms with E-state index in [9.17, 15) is 5.26 Å². The molecule has 0 atom stereocenters. The summed E-state index contributed by atoms with van der Waals surface area (Å²) in [4.78, 5) is 3.16. The van der Waals surface area contributed by atoms with Crippen LogP contribution < -0.4 is 4.74 Å². The first kappa shape index (κ1) is 20.3. The molecular weight excluding hydrogens is 488 g/mol. The molecule has 0 unspecified atom stereocenters. The van der Waals surface area contributed by atoms with Crippen LogP contribution >= 0.6 is 44.1 Å². The summed E-state index contributed by atoms with van der Waals surface area (Å²) < 4.78 is 7.67. The van der Waals surface area contributed by atoms with Crippen LogP contribution in [0.3, 0.4) is 0 Å². The Morgan fingerprint density at radius 2 is 1.85 bits per heavy atom. The van der Waals surface area contributed by atoms with Crippen LogP contribution in [0.1, 0.15) is 36.5 Å². The van der Waals surface area contributed by atoms with E-state index in [4.69, 9.17) is 17.0 Å². The first-order chi connectivity index (χ1) is 13.0. The maximum atomic E-state index is 9.22. The molecule has 0 radical (unpaired) electrons. The largest absolute Gasteiger partial charge is 0.486 e. The van der Waals surface area contributed by atoms with E-state index in [-0.39, 0.29) is 0 Å². The predicted molar refractivity (Wildman–Crippen MR) is 119 cm³/mol. The number of nitrogens with zero attached hydrogens (tertiary/aromatic N) is 2. The molecular formula is C21H20Br2N2OS. The van der Waals surface area contributed by atoms with Crippen LogP contribution in [0.15, 0.2) is 45.3 Å². The quantitative estimate of drug-likeness (QED) is 0.470. The topological polar surface area (TPSA) is 36.3 Å². The third-order valence-electron chi connectivity index (χ3n) is 4.83. The van der Waals surface area contributed by atoms with Crippen molar-refractivity contribution in [1.82, 2.24) is 4.90 Å². The summed E-state index contributed by atoms with van der Waals surface area (Å²) in [5, 5.41) is 9.22. The molecule has 2 aromatic carbocycles. The van der Waals surface area contributed by atoms with Gasteiger partial charge in [-0.05, 0) is 68.8 Å². The number of thiocarbonyl (C=S) groups is 1. The lowest BCUT2D eigenvalue weighted by molar-refractivity contribution is 0.284. The van der Waals surface area contributed by atoms with Crippen LogP contribution in [0, 0.1) is 17.2 Å². The van der Waals surface area contributed by atoms with Gasteiger partial charge in [0.05, 0.1) is 20.6 Å². The van der Waals surface area contributed by atoms with Crippen molar-refractivity contribution in [1.29, 1.82) is 5.26 Å². The fraction of sp³-hybridized carbons (Fsp3) is 0.333. The molecule has 0 saturated carbocycles. The minimum atomic E-state index is 0.328. The summed E-state index contributed by atoms with van der Waals surface area (Å²) in [5.74, 6) is 1.48. The molecule has 1 aliphatic heterocycles. The van der Waals surface area contributed by atoms with Crippen molar-refractivity contribution in [2.45, 2.75) is 26.4 Å². The van der Waals surface area contributed by atoms with Gasteiger partial charge >= 0.3 is 0 Å². The van der Waals surface area contributed by atoms with Gasteiger partial charge in [0.2, 0.25) is 0 Å². The highest BCUT2D eigenvalue weighted by molar-refractivity contribution is 9.11. The van der Waals surface area contributed by atoms with Gasteiger partial charge in [-0.2, -0.15) is 5.26 Å². The second kappa shape index (κ2) is 9.18. The molecule has 0 bridgehead atoms. The van der Waals surface area contributed by atoms with E-state index < -0.39 is 0 Å². The van der Waals surface area contributed by atoms with Crippen LogP contribution in [0.2, 0.25) is 0 Å². The molecule has 1 aliphatic rings. The maximum absolute atomic E-state index is 9.22. The average Bonchev–Trinajstić information content (AvgIpc) is 2.67. The summed E-state index contributed by atoms with van der Waals surface area (Å²) in [6, 6.07) is 13.7. The number of likely N-dealkylation sites (tertiary alicyclic amines) is 1. The van der Waals surface area contributed by atoms with Gasteiger partial charge in [-0.1, -0.05) is 37.3 Å². The van der Waals surface area contributed by atoms with E-state index >= 15 is 0 Å². The fourth-order valence-corrected chi connectivity index (χ4v) is 4.84. The van der Waals surface area contributed by atoms with E-state index in [1.54, 1.807) is 6.07 Å². The Morgan fingerprint density at radius 3 is 2.48 bits per heavy atom. The molecule has 3 rings (SSSR count). The van der Waals surface area contributed by atoms with Crippen molar-refractivity contribution in [3.8, 4) is 11.8 Å². The zero-order valence-corrected chi connectivity index (χ0v) is 19.0. The minimum absolute atomic E-state index is 0.328. The Labute approximate surface area is 182 Å². The number of nitriles is 1. The van der Waals surface area contributed by atoms with Crippen molar-refractivity contribution < 1.29 is 4.74 Å². The van der Waals surface area contributed by atoms with Crippen molar-refractivity contribution in [2.75, 3.05) is 13.1 Å². The smallest absolute Gasteiger partial charge is 0.148 e. The Bertz CT molecular complexity index is 863. The number of ether oxygens (including phenoxy) is 1. The Hall–Kier alpha value is -1.42. The van der Waals surface area contributed by atoms with Gasteiger partial charge < -0.3 is 9.64 Å². The van der Waals surface area contributed by atoms with Gasteiger partial charge in [0.25, 0.3) is 0 Å². The van der Waals surface area contributed by atoms with E-state index in [1.165, 1.54) is 12.8 Å². The van der Waals surface area contributed by atoms with E-state index in [0.717, 1.165) is 44.1 Å². The van der Waals surface area contributed by atoms with Crippen LogP contribution in [0.25, 0.3) is 0 Å². The van der Waals surface area contributed by atoms with Crippen molar-refractivity contribution in [2.24, 2.45) is 5.92 Å². The number of rotatable bonds is 4. The molecule has 1 fully saturated rings. The zero-order chi connectivity index (χ0) is 19.4. The third-order valence-corrected chi connectivity index (χ3v) is 6.50. The highest BCUT2D eigenvalue weighted by Crippen LogP contribution is 2.36. The SMILES string of the molecule is CC1CCN(C(=S)c2cc(Br)c(OCc3ccccc3C#N)c(Br)c2)CC1. The molecule has 0 aliphatic carbocycles. The zero-order valence-electron chi connectivity index (χ0n) is 15.0. The standard InChI is InChI=1S/C21H20Br2N2OS/c1-14-6-8-25(9-7-14)21(27)17-10-18(22)20(19(23)11-17)26-13-16-5-3-2-4-15(16)12-24/h2-5,10-11,14H,6-9,13H2,1H3.